The number of methoxy groups -OCH3 is 1. The molecule has 0 N–H and O–H groups in total. The van der Waals surface area contributed by atoms with E-state index in [9.17, 15) is 0 Å². The Labute approximate surface area is 202 Å². The van der Waals surface area contributed by atoms with Crippen molar-refractivity contribution in [3.63, 3.8) is 0 Å². The van der Waals surface area contributed by atoms with E-state index in [0.29, 0.717) is 12.6 Å². The van der Waals surface area contributed by atoms with Crippen molar-refractivity contribution in [2.24, 2.45) is 0 Å². The Balaban J connectivity index is 0.00000259. The van der Waals surface area contributed by atoms with Crippen LogP contribution in [-0.2, 0) is 6.61 Å². The van der Waals surface area contributed by atoms with Crippen LogP contribution in [0.2, 0.25) is 0 Å². The lowest BCUT2D eigenvalue weighted by Gasteiger charge is -2.32. The summed E-state index contributed by atoms with van der Waals surface area (Å²) >= 11 is 0. The van der Waals surface area contributed by atoms with Crippen molar-refractivity contribution in [3.05, 3.63) is 90.0 Å². The molecule has 2 aliphatic rings. The second kappa shape index (κ2) is 10.8. The third-order valence-electron chi connectivity index (χ3n) is 6.48. The zero-order valence-corrected chi connectivity index (χ0v) is 19.8. The lowest BCUT2D eigenvalue weighted by molar-refractivity contribution is 0.285. The lowest BCUT2D eigenvalue weighted by Crippen LogP contribution is -2.38. The summed E-state index contributed by atoms with van der Waals surface area (Å²) in [6.45, 7) is 3.69. The van der Waals surface area contributed by atoms with Gasteiger partial charge in [0.25, 0.3) is 0 Å². The molecular formula is C28H31ClN2O2. The van der Waals surface area contributed by atoms with Gasteiger partial charge in [-0.3, -0.25) is 4.90 Å². The van der Waals surface area contributed by atoms with Crippen LogP contribution < -0.4 is 14.4 Å². The van der Waals surface area contributed by atoms with Gasteiger partial charge in [-0.1, -0.05) is 54.6 Å². The molecule has 0 aliphatic carbocycles. The number of fused-ring (bicyclic) bond motifs is 2. The van der Waals surface area contributed by atoms with Crippen LogP contribution in [-0.4, -0.2) is 37.7 Å². The van der Waals surface area contributed by atoms with Crippen LogP contribution in [0.15, 0.2) is 78.9 Å². The second-order valence-corrected chi connectivity index (χ2v) is 8.46. The molecule has 4 nitrogen and oxygen atoms in total. The maximum Gasteiger partial charge on any atom is 0.143 e. The van der Waals surface area contributed by atoms with Crippen LogP contribution >= 0.6 is 12.4 Å². The van der Waals surface area contributed by atoms with Gasteiger partial charge < -0.3 is 14.4 Å². The molecule has 0 saturated carbocycles. The normalized spacial score (nSPS) is 17.6. The number of ether oxygens (including phenoxy) is 2. The van der Waals surface area contributed by atoms with E-state index in [-0.39, 0.29) is 12.4 Å². The summed E-state index contributed by atoms with van der Waals surface area (Å²) in [5.41, 5.74) is 4.87. The first kappa shape index (κ1) is 23.2. The Bertz CT molecular complexity index is 1040. The topological polar surface area (TPSA) is 24.9 Å². The highest BCUT2D eigenvalue weighted by Crippen LogP contribution is 2.40. The molecule has 3 aromatic rings. The predicted octanol–water partition coefficient (Wildman–Crippen LogP) is 6.33. The summed E-state index contributed by atoms with van der Waals surface area (Å²) in [5, 5.41) is 0. The van der Waals surface area contributed by atoms with Crippen LogP contribution in [0, 0.1) is 0 Å². The minimum Gasteiger partial charge on any atom is -0.497 e. The Morgan fingerprint density at radius 3 is 2.55 bits per heavy atom. The zero-order chi connectivity index (χ0) is 21.8. The fraction of sp³-hybridized carbons (Fsp3) is 0.286. The Hall–Kier alpha value is -2.95. The van der Waals surface area contributed by atoms with Gasteiger partial charge in [0.1, 0.15) is 18.1 Å². The average molecular weight is 463 g/mol. The highest BCUT2D eigenvalue weighted by molar-refractivity contribution is 5.85. The number of rotatable bonds is 6. The van der Waals surface area contributed by atoms with Crippen LogP contribution in [0.1, 0.15) is 24.0 Å². The minimum atomic E-state index is 0. The summed E-state index contributed by atoms with van der Waals surface area (Å²) in [5.74, 6) is 1.86. The van der Waals surface area contributed by atoms with E-state index in [2.05, 4.69) is 82.6 Å². The fourth-order valence-electron chi connectivity index (χ4n) is 4.77. The molecule has 33 heavy (non-hydrogen) atoms. The molecule has 2 aliphatic heterocycles. The Morgan fingerprint density at radius 2 is 1.73 bits per heavy atom. The number of benzene rings is 3. The summed E-state index contributed by atoms with van der Waals surface area (Å²) in [6, 6.07) is 25.8. The third kappa shape index (κ3) is 5.18. The van der Waals surface area contributed by atoms with E-state index in [1.54, 1.807) is 7.11 Å². The number of hydrogen-bond donors (Lipinski definition) is 0. The van der Waals surface area contributed by atoms with Gasteiger partial charge in [-0.25, -0.2) is 0 Å². The number of anilines is 2. The molecule has 0 bridgehead atoms. The molecule has 5 rings (SSSR count). The Morgan fingerprint density at radius 1 is 0.970 bits per heavy atom. The summed E-state index contributed by atoms with van der Waals surface area (Å²) in [7, 11) is 1.70. The molecule has 1 unspecified atom stereocenters. The van der Waals surface area contributed by atoms with Crippen molar-refractivity contribution in [1.82, 2.24) is 4.90 Å². The number of halogens is 1. The van der Waals surface area contributed by atoms with E-state index in [1.165, 1.54) is 29.7 Å². The van der Waals surface area contributed by atoms with Crippen LogP contribution in [0.4, 0.5) is 11.4 Å². The summed E-state index contributed by atoms with van der Waals surface area (Å²) < 4.78 is 11.4. The standard InChI is InChI=1S/C28H30N2O2.ClH/c1-31-25-16-14-22(15-17-25)8-6-18-29-19-7-10-24(29)20-30-26-11-3-2-9-23(26)21-32-28-13-5-4-12-27(28)30;/h2-6,8-9,11-17,24H,7,10,18-21H2,1H3;1H. The second-order valence-electron chi connectivity index (χ2n) is 8.46. The first-order chi connectivity index (χ1) is 15.8. The molecule has 1 atom stereocenters. The van der Waals surface area contributed by atoms with E-state index >= 15 is 0 Å². The smallest absolute Gasteiger partial charge is 0.143 e. The molecule has 0 amide bonds. The highest BCUT2D eigenvalue weighted by Gasteiger charge is 2.29. The summed E-state index contributed by atoms with van der Waals surface area (Å²) in [6.07, 6.45) is 6.96. The quantitative estimate of drug-likeness (QED) is 0.427. The fourth-order valence-corrected chi connectivity index (χ4v) is 4.77. The molecule has 0 spiro atoms. The van der Waals surface area contributed by atoms with E-state index in [4.69, 9.17) is 9.47 Å². The molecule has 2 heterocycles. The molecule has 1 fully saturated rings. The predicted molar refractivity (Wildman–Crippen MR) is 138 cm³/mol. The van der Waals surface area contributed by atoms with Gasteiger partial charge in [0.05, 0.1) is 12.8 Å². The van der Waals surface area contributed by atoms with Crippen molar-refractivity contribution in [1.29, 1.82) is 0 Å². The lowest BCUT2D eigenvalue weighted by atomic mass is 10.1. The van der Waals surface area contributed by atoms with Gasteiger partial charge in [-0.2, -0.15) is 0 Å². The van der Waals surface area contributed by atoms with Crippen LogP contribution in [0.5, 0.6) is 11.5 Å². The van der Waals surface area contributed by atoms with Crippen LogP contribution in [0.3, 0.4) is 0 Å². The molecule has 0 radical (unpaired) electrons. The number of likely N-dealkylation sites (tertiary alicyclic amines) is 1. The van der Waals surface area contributed by atoms with Crippen molar-refractivity contribution < 1.29 is 9.47 Å². The van der Waals surface area contributed by atoms with Gasteiger partial charge in [0.2, 0.25) is 0 Å². The van der Waals surface area contributed by atoms with Gasteiger partial charge in [0, 0.05) is 30.4 Å². The average Bonchev–Trinajstić information content (AvgIpc) is 3.22. The van der Waals surface area contributed by atoms with Crippen molar-refractivity contribution >= 4 is 29.9 Å². The van der Waals surface area contributed by atoms with Crippen LogP contribution in [0.25, 0.3) is 6.08 Å². The van der Waals surface area contributed by atoms with Gasteiger partial charge in [0.15, 0.2) is 0 Å². The molecule has 172 valence electrons. The largest absolute Gasteiger partial charge is 0.497 e. The van der Waals surface area contributed by atoms with Crippen molar-refractivity contribution in [2.75, 3.05) is 31.6 Å². The third-order valence-corrected chi connectivity index (χ3v) is 6.48. The monoisotopic (exact) mass is 462 g/mol. The van der Waals surface area contributed by atoms with Gasteiger partial charge in [-0.05, 0) is 55.3 Å². The van der Waals surface area contributed by atoms with Gasteiger partial charge in [-0.15, -0.1) is 12.4 Å². The zero-order valence-electron chi connectivity index (χ0n) is 19.0. The molecule has 0 aromatic heterocycles. The number of nitrogens with zero attached hydrogens (tertiary/aromatic N) is 2. The highest BCUT2D eigenvalue weighted by atomic mass is 35.5. The van der Waals surface area contributed by atoms with Gasteiger partial charge >= 0.3 is 0 Å². The number of hydrogen-bond acceptors (Lipinski definition) is 4. The molecular weight excluding hydrogens is 432 g/mol. The maximum absolute atomic E-state index is 6.15. The first-order valence-electron chi connectivity index (χ1n) is 11.4. The minimum absolute atomic E-state index is 0. The molecule has 3 aromatic carbocycles. The maximum atomic E-state index is 6.15. The van der Waals surface area contributed by atoms with Crippen molar-refractivity contribution in [3.8, 4) is 11.5 Å². The Kier molecular flexibility index (Phi) is 7.58. The molecule has 1 saturated heterocycles. The first-order valence-corrected chi connectivity index (χ1v) is 11.4. The van der Waals surface area contributed by atoms with E-state index in [0.717, 1.165) is 36.8 Å². The van der Waals surface area contributed by atoms with E-state index in [1.807, 2.05) is 12.1 Å². The SMILES string of the molecule is COc1ccc(C=CCN2CCCC2CN2c3ccccc3COc3ccccc32)cc1.Cl. The molecule has 5 heteroatoms. The van der Waals surface area contributed by atoms with Crippen molar-refractivity contribution in [2.45, 2.75) is 25.5 Å². The van der Waals surface area contributed by atoms with E-state index < -0.39 is 0 Å². The summed E-state index contributed by atoms with van der Waals surface area (Å²) in [4.78, 5) is 5.07. The number of para-hydroxylation sites is 3.